The van der Waals surface area contributed by atoms with Crippen LogP contribution in [0.15, 0.2) is 15.8 Å². The van der Waals surface area contributed by atoms with Gasteiger partial charge in [0.1, 0.15) is 0 Å². The van der Waals surface area contributed by atoms with Crippen LogP contribution in [0, 0.1) is 18.7 Å². The van der Waals surface area contributed by atoms with Crippen molar-refractivity contribution in [2.24, 2.45) is 11.7 Å². The number of aromatic amines is 1. The molecule has 6 nitrogen and oxygen atoms in total. The van der Waals surface area contributed by atoms with Gasteiger partial charge in [0.25, 0.3) is 5.56 Å². The number of fused-ring (bicyclic) bond motifs is 1. The van der Waals surface area contributed by atoms with E-state index in [1.165, 1.54) is 10.6 Å². The zero-order valence-electron chi connectivity index (χ0n) is 14.5. The van der Waals surface area contributed by atoms with Crippen molar-refractivity contribution in [2.45, 2.75) is 45.1 Å². The van der Waals surface area contributed by atoms with Gasteiger partial charge in [-0.15, -0.1) is 0 Å². The van der Waals surface area contributed by atoms with Gasteiger partial charge in [-0.25, -0.2) is 9.18 Å². The lowest BCUT2D eigenvalue weighted by molar-refractivity contribution is 0.487. The summed E-state index contributed by atoms with van der Waals surface area (Å²) in [5.74, 6) is 0.0391. The Hall–Kier alpha value is -2.15. The van der Waals surface area contributed by atoms with Gasteiger partial charge < -0.3 is 10.6 Å². The number of hydrogen-bond donors (Lipinski definition) is 2. The van der Waals surface area contributed by atoms with Gasteiger partial charge in [-0.05, 0) is 44.9 Å². The van der Waals surface area contributed by atoms with Crippen LogP contribution in [0.3, 0.4) is 0 Å². The number of nitrogens with two attached hydrogens (primary N) is 1. The van der Waals surface area contributed by atoms with E-state index in [0.29, 0.717) is 34.8 Å². The molecule has 3 N–H and O–H groups in total. The number of H-pyrrole nitrogens is 1. The molecule has 1 unspecified atom stereocenters. The highest BCUT2D eigenvalue weighted by atomic mass is 19.1. The van der Waals surface area contributed by atoms with E-state index in [1.54, 1.807) is 6.92 Å². The molecule has 1 aliphatic heterocycles. The van der Waals surface area contributed by atoms with Crippen LogP contribution in [0.25, 0.3) is 5.52 Å². The molecule has 134 valence electrons. The first-order valence-corrected chi connectivity index (χ1v) is 8.86. The zero-order chi connectivity index (χ0) is 17.9. The Kier molecular flexibility index (Phi) is 3.72. The monoisotopic (exact) mass is 346 g/mol. The Morgan fingerprint density at radius 2 is 2.04 bits per heavy atom. The molecule has 0 amide bonds. The summed E-state index contributed by atoms with van der Waals surface area (Å²) in [6.45, 7) is 5.20. The van der Waals surface area contributed by atoms with Crippen LogP contribution in [-0.2, 0) is 0 Å². The third-order valence-electron chi connectivity index (χ3n) is 5.63. The summed E-state index contributed by atoms with van der Waals surface area (Å²) in [4.78, 5) is 28.9. The topological polar surface area (TPSA) is 83.6 Å². The number of rotatable bonds is 3. The second kappa shape index (κ2) is 5.69. The quantitative estimate of drug-likeness (QED) is 0.882. The minimum Gasteiger partial charge on any atom is -0.368 e. The minimum absolute atomic E-state index is 0.0568. The van der Waals surface area contributed by atoms with Crippen LogP contribution in [0.1, 0.15) is 43.2 Å². The van der Waals surface area contributed by atoms with E-state index in [1.807, 2.05) is 11.8 Å². The second-order valence-corrected chi connectivity index (χ2v) is 7.47. The zero-order valence-corrected chi connectivity index (χ0v) is 14.5. The van der Waals surface area contributed by atoms with E-state index in [9.17, 15) is 14.0 Å². The molecule has 2 fully saturated rings. The summed E-state index contributed by atoms with van der Waals surface area (Å²) in [5.41, 5.74) is 7.41. The lowest BCUT2D eigenvalue weighted by Gasteiger charge is -2.24. The van der Waals surface area contributed by atoms with Crippen molar-refractivity contribution in [1.29, 1.82) is 0 Å². The number of anilines is 1. The van der Waals surface area contributed by atoms with Crippen LogP contribution in [-0.4, -0.2) is 28.5 Å². The Morgan fingerprint density at radius 1 is 1.32 bits per heavy atom. The number of nitrogens with one attached hydrogen (secondary N) is 1. The van der Waals surface area contributed by atoms with E-state index in [0.717, 1.165) is 25.8 Å². The third-order valence-corrected chi connectivity index (χ3v) is 5.63. The summed E-state index contributed by atoms with van der Waals surface area (Å²) >= 11 is 0. The SMILES string of the molecule is Cc1c(N2CCC([C@@H](C)N)C2)c(F)cn2c(=O)[nH]c(=O)c(C3CC3)c12. The third kappa shape index (κ3) is 2.57. The average Bonchev–Trinajstić information content (AvgIpc) is 3.25. The normalized spacial score (nSPS) is 21.9. The summed E-state index contributed by atoms with van der Waals surface area (Å²) in [7, 11) is 0. The van der Waals surface area contributed by atoms with E-state index in [-0.39, 0.29) is 17.5 Å². The Morgan fingerprint density at radius 3 is 2.64 bits per heavy atom. The maximum atomic E-state index is 14.9. The lowest BCUT2D eigenvalue weighted by Crippen LogP contribution is -2.32. The van der Waals surface area contributed by atoms with Gasteiger partial charge in [-0.2, -0.15) is 0 Å². The Labute approximate surface area is 144 Å². The van der Waals surface area contributed by atoms with Crippen LogP contribution < -0.4 is 21.9 Å². The highest BCUT2D eigenvalue weighted by Gasteiger charge is 2.33. The molecule has 7 heteroatoms. The molecule has 2 aromatic heterocycles. The summed E-state index contributed by atoms with van der Waals surface area (Å²) in [6, 6.07) is 0.0568. The second-order valence-electron chi connectivity index (χ2n) is 7.47. The number of halogens is 1. The number of aromatic nitrogens is 2. The van der Waals surface area contributed by atoms with Crippen LogP contribution in [0.4, 0.5) is 10.1 Å². The number of nitrogens with zero attached hydrogens (tertiary/aromatic N) is 2. The number of aryl methyl sites for hydroxylation is 1. The first kappa shape index (κ1) is 16.3. The highest BCUT2D eigenvalue weighted by Crippen LogP contribution is 2.42. The van der Waals surface area contributed by atoms with Gasteiger partial charge in [0.15, 0.2) is 5.82 Å². The maximum Gasteiger partial charge on any atom is 0.333 e. The Bertz CT molecular complexity index is 958. The lowest BCUT2D eigenvalue weighted by atomic mass is 10.0. The van der Waals surface area contributed by atoms with Crippen molar-refractivity contribution < 1.29 is 4.39 Å². The molecule has 2 aliphatic rings. The van der Waals surface area contributed by atoms with Gasteiger partial charge in [0.2, 0.25) is 0 Å². The van der Waals surface area contributed by atoms with Crippen LogP contribution >= 0.6 is 0 Å². The van der Waals surface area contributed by atoms with Gasteiger partial charge >= 0.3 is 5.69 Å². The Balaban J connectivity index is 1.93. The number of pyridine rings is 1. The molecule has 25 heavy (non-hydrogen) atoms. The van der Waals surface area contributed by atoms with Crippen molar-refractivity contribution in [3.8, 4) is 0 Å². The maximum absolute atomic E-state index is 14.9. The van der Waals surface area contributed by atoms with Crippen molar-refractivity contribution in [3.63, 3.8) is 0 Å². The number of hydrogen-bond acceptors (Lipinski definition) is 4. The fourth-order valence-electron chi connectivity index (χ4n) is 4.09. The fraction of sp³-hybridized carbons (Fsp3) is 0.556. The predicted octanol–water partition coefficient (Wildman–Crippen LogP) is 1.49. The van der Waals surface area contributed by atoms with Crippen molar-refractivity contribution in [3.05, 3.63) is 44.0 Å². The molecule has 4 rings (SSSR count). The molecule has 2 aromatic rings. The molecule has 0 radical (unpaired) electrons. The summed E-state index contributed by atoms with van der Waals surface area (Å²) < 4.78 is 16.1. The smallest absolute Gasteiger partial charge is 0.333 e. The van der Waals surface area contributed by atoms with Crippen molar-refractivity contribution in [1.82, 2.24) is 9.38 Å². The van der Waals surface area contributed by atoms with Gasteiger partial charge in [-0.1, -0.05) is 0 Å². The van der Waals surface area contributed by atoms with E-state index >= 15 is 0 Å². The molecule has 1 saturated carbocycles. The molecule has 2 atom stereocenters. The van der Waals surface area contributed by atoms with Crippen molar-refractivity contribution in [2.75, 3.05) is 18.0 Å². The molecular weight excluding hydrogens is 323 g/mol. The highest BCUT2D eigenvalue weighted by molar-refractivity contribution is 5.72. The molecule has 1 aliphatic carbocycles. The molecule has 0 aromatic carbocycles. The molecule has 0 spiro atoms. The van der Waals surface area contributed by atoms with E-state index in [2.05, 4.69) is 4.98 Å². The van der Waals surface area contributed by atoms with Gasteiger partial charge in [0, 0.05) is 30.3 Å². The van der Waals surface area contributed by atoms with Gasteiger partial charge in [0.05, 0.1) is 17.4 Å². The largest absolute Gasteiger partial charge is 0.368 e. The predicted molar refractivity (Wildman–Crippen MR) is 94.9 cm³/mol. The van der Waals surface area contributed by atoms with E-state index in [4.69, 9.17) is 5.73 Å². The molecule has 1 saturated heterocycles. The summed E-state index contributed by atoms with van der Waals surface area (Å²) in [6.07, 6.45) is 3.99. The average molecular weight is 346 g/mol. The fourth-order valence-corrected chi connectivity index (χ4v) is 4.09. The van der Waals surface area contributed by atoms with Gasteiger partial charge in [-0.3, -0.25) is 14.2 Å². The standard InChI is InChI=1S/C18H23FN4O2/c1-9-15(22-6-5-12(7-22)10(2)20)13(19)8-23-16(9)14(11-3-4-11)17(24)21-18(23)25/h8,10-12H,3-7,20H2,1-2H3,(H,21,24,25)/t10-,12?/m1/s1. The molecule has 3 heterocycles. The van der Waals surface area contributed by atoms with Crippen LogP contribution in [0.5, 0.6) is 0 Å². The first-order valence-electron chi connectivity index (χ1n) is 8.86. The summed E-state index contributed by atoms with van der Waals surface area (Å²) in [5, 5.41) is 0. The van der Waals surface area contributed by atoms with Crippen molar-refractivity contribution >= 4 is 11.2 Å². The van der Waals surface area contributed by atoms with E-state index < -0.39 is 11.5 Å². The molecular formula is C18H23FN4O2. The minimum atomic E-state index is -0.590. The van der Waals surface area contributed by atoms with Crippen LogP contribution in [0.2, 0.25) is 0 Å². The first-order chi connectivity index (χ1) is 11.9. The molecule has 0 bridgehead atoms.